The first-order chi connectivity index (χ1) is 21.1. The van der Waals surface area contributed by atoms with E-state index in [0.717, 1.165) is 4.90 Å². The average Bonchev–Trinajstić information content (AvgIpc) is 3.20. The predicted octanol–water partition coefficient (Wildman–Crippen LogP) is 1.31. The highest BCUT2D eigenvalue weighted by Gasteiger charge is 2.44. The Morgan fingerprint density at radius 2 is 1.36 bits per heavy atom. The van der Waals surface area contributed by atoms with Crippen LogP contribution < -0.4 is 10.6 Å². The van der Waals surface area contributed by atoms with Crippen molar-refractivity contribution in [3.05, 3.63) is 29.3 Å². The number of esters is 1. The van der Waals surface area contributed by atoms with Crippen LogP contribution in [0.2, 0.25) is 0 Å². The Balaban J connectivity index is 1.14. The lowest BCUT2D eigenvalue weighted by Gasteiger charge is -2.27. The van der Waals surface area contributed by atoms with Crippen LogP contribution in [0.5, 0.6) is 0 Å². The molecule has 1 saturated heterocycles. The number of rotatable bonds is 20. The summed E-state index contributed by atoms with van der Waals surface area (Å²) in [7, 11) is 0. The molecule has 0 bridgehead atoms. The van der Waals surface area contributed by atoms with Gasteiger partial charge in [0.25, 0.3) is 11.8 Å². The van der Waals surface area contributed by atoms with Crippen molar-refractivity contribution in [3.63, 3.8) is 0 Å². The Kier molecular flexibility index (Phi) is 14.1. The third-order valence-corrected chi connectivity index (χ3v) is 6.37. The summed E-state index contributed by atoms with van der Waals surface area (Å²) in [5, 5.41) is 5.33. The number of amides is 4. The summed E-state index contributed by atoms with van der Waals surface area (Å²) in [6, 6.07) is 3.83. The molecule has 3 rings (SSSR count). The van der Waals surface area contributed by atoms with E-state index in [1.54, 1.807) is 18.2 Å². The van der Waals surface area contributed by atoms with E-state index >= 15 is 0 Å². The normalized spacial score (nSPS) is 16.7. The lowest BCUT2D eigenvalue weighted by molar-refractivity contribution is -0.156. The van der Waals surface area contributed by atoms with Gasteiger partial charge in [-0.1, -0.05) is 0 Å². The van der Waals surface area contributed by atoms with Gasteiger partial charge >= 0.3 is 5.97 Å². The molecule has 0 aromatic heterocycles. The molecule has 0 radical (unpaired) electrons. The van der Waals surface area contributed by atoms with Crippen molar-refractivity contribution in [1.82, 2.24) is 10.2 Å². The monoisotopic (exact) mass is 621 g/mol. The summed E-state index contributed by atoms with van der Waals surface area (Å²) in [6.07, 6.45) is 0.396. The van der Waals surface area contributed by atoms with Gasteiger partial charge in [-0.15, -0.1) is 0 Å². The zero-order valence-electron chi connectivity index (χ0n) is 25.6. The standard InChI is InChI=1S/C30H43N3O11/c1-30(2,3)44-26(35)8-10-39-12-14-41-16-18-43-19-17-42-15-13-40-11-9-31-21-4-5-22-23(20-21)29(38)33(28(22)37)24-6-7-25(34)32-27(24)36/h4-5,20,24,31H,6-19H2,1-3H3,(H,32,34,36). The quantitative estimate of drug-likeness (QED) is 0.122. The molecule has 0 saturated carbocycles. The van der Waals surface area contributed by atoms with Crippen molar-refractivity contribution < 1.29 is 52.4 Å². The van der Waals surface area contributed by atoms with Gasteiger partial charge in [0, 0.05) is 18.7 Å². The van der Waals surface area contributed by atoms with Crippen molar-refractivity contribution >= 4 is 35.3 Å². The van der Waals surface area contributed by atoms with Crippen molar-refractivity contribution in [2.45, 2.75) is 51.7 Å². The Hall–Kier alpha value is -3.43. The average molecular weight is 622 g/mol. The molecule has 1 unspecified atom stereocenters. The first-order valence-corrected chi connectivity index (χ1v) is 14.8. The topological polar surface area (TPSA) is 168 Å². The van der Waals surface area contributed by atoms with Gasteiger partial charge in [-0.05, 0) is 45.4 Å². The van der Waals surface area contributed by atoms with E-state index in [0.29, 0.717) is 78.3 Å². The second-order valence-electron chi connectivity index (χ2n) is 11.0. The van der Waals surface area contributed by atoms with Gasteiger partial charge in [-0.2, -0.15) is 0 Å². The molecule has 0 aliphatic carbocycles. The van der Waals surface area contributed by atoms with Crippen LogP contribution in [0.15, 0.2) is 18.2 Å². The molecular formula is C30H43N3O11. The number of fused-ring (bicyclic) bond motifs is 1. The lowest BCUT2D eigenvalue weighted by atomic mass is 10.0. The fourth-order valence-corrected chi connectivity index (χ4v) is 4.38. The van der Waals surface area contributed by atoms with E-state index in [-0.39, 0.29) is 36.4 Å². The molecule has 2 N–H and O–H groups in total. The van der Waals surface area contributed by atoms with Gasteiger partial charge in [0.15, 0.2) is 0 Å². The highest BCUT2D eigenvalue weighted by Crippen LogP contribution is 2.29. The van der Waals surface area contributed by atoms with Gasteiger partial charge in [0.1, 0.15) is 11.6 Å². The predicted molar refractivity (Wildman–Crippen MR) is 156 cm³/mol. The number of benzene rings is 1. The molecule has 44 heavy (non-hydrogen) atoms. The Bertz CT molecular complexity index is 1150. The van der Waals surface area contributed by atoms with Gasteiger partial charge in [0.05, 0.1) is 83.6 Å². The van der Waals surface area contributed by atoms with Gasteiger partial charge in [-0.3, -0.25) is 34.2 Å². The van der Waals surface area contributed by atoms with Crippen LogP contribution in [0.3, 0.4) is 0 Å². The number of piperidine rings is 1. The SMILES string of the molecule is CC(C)(C)OC(=O)CCOCCOCCOCCOCCOCCNc1ccc2c(c1)C(=O)N(C1CCC(=O)NC1=O)C2=O. The Morgan fingerprint density at radius 1 is 0.818 bits per heavy atom. The lowest BCUT2D eigenvalue weighted by Crippen LogP contribution is -2.54. The highest BCUT2D eigenvalue weighted by molar-refractivity contribution is 6.23. The zero-order valence-corrected chi connectivity index (χ0v) is 25.6. The van der Waals surface area contributed by atoms with E-state index in [9.17, 15) is 24.0 Å². The third kappa shape index (κ3) is 11.6. The minimum Gasteiger partial charge on any atom is -0.460 e. The van der Waals surface area contributed by atoms with Crippen LogP contribution in [-0.4, -0.2) is 119 Å². The van der Waals surface area contributed by atoms with Crippen molar-refractivity contribution in [2.24, 2.45) is 0 Å². The molecule has 1 atom stereocenters. The maximum atomic E-state index is 12.9. The summed E-state index contributed by atoms with van der Waals surface area (Å²) < 4.78 is 32.4. The number of hydrogen-bond acceptors (Lipinski definition) is 12. The fraction of sp³-hybridized carbons (Fsp3) is 0.633. The largest absolute Gasteiger partial charge is 0.460 e. The molecule has 244 valence electrons. The Labute approximate surface area is 257 Å². The van der Waals surface area contributed by atoms with Crippen LogP contribution in [0.25, 0.3) is 0 Å². The number of imide groups is 2. The van der Waals surface area contributed by atoms with Crippen molar-refractivity contribution in [2.75, 3.05) is 77.9 Å². The minimum atomic E-state index is -0.992. The second kappa shape index (κ2) is 17.8. The number of hydrogen-bond donors (Lipinski definition) is 2. The molecule has 2 aliphatic rings. The van der Waals surface area contributed by atoms with Crippen molar-refractivity contribution in [3.8, 4) is 0 Å². The molecule has 4 amide bonds. The first-order valence-electron chi connectivity index (χ1n) is 14.8. The highest BCUT2D eigenvalue weighted by atomic mass is 16.6. The Morgan fingerprint density at radius 3 is 1.93 bits per heavy atom. The molecule has 14 nitrogen and oxygen atoms in total. The van der Waals surface area contributed by atoms with Gasteiger partial charge < -0.3 is 33.7 Å². The second-order valence-corrected chi connectivity index (χ2v) is 11.0. The van der Waals surface area contributed by atoms with Crippen LogP contribution in [-0.2, 0) is 42.8 Å². The van der Waals surface area contributed by atoms with E-state index in [1.807, 2.05) is 20.8 Å². The molecule has 14 heteroatoms. The zero-order chi connectivity index (χ0) is 32.0. The van der Waals surface area contributed by atoms with Crippen LogP contribution >= 0.6 is 0 Å². The number of carbonyl (C=O) groups is 5. The molecule has 0 spiro atoms. The summed E-state index contributed by atoms with van der Waals surface area (Å²) in [5.74, 6) is -2.42. The molecule has 1 aromatic rings. The number of carbonyl (C=O) groups excluding carboxylic acids is 5. The van der Waals surface area contributed by atoms with Gasteiger partial charge in [-0.25, -0.2) is 0 Å². The maximum absolute atomic E-state index is 12.9. The van der Waals surface area contributed by atoms with Crippen LogP contribution in [0, 0.1) is 0 Å². The molecule has 2 aliphatic heterocycles. The maximum Gasteiger partial charge on any atom is 0.308 e. The minimum absolute atomic E-state index is 0.0735. The summed E-state index contributed by atoms with van der Waals surface area (Å²) in [5.41, 5.74) is 0.595. The molecule has 1 fully saturated rings. The van der Waals surface area contributed by atoms with Crippen molar-refractivity contribution in [1.29, 1.82) is 0 Å². The van der Waals surface area contributed by atoms with Crippen LogP contribution in [0.4, 0.5) is 5.69 Å². The molecule has 2 heterocycles. The number of nitrogens with one attached hydrogen (secondary N) is 2. The number of anilines is 1. The fourth-order valence-electron chi connectivity index (χ4n) is 4.38. The van der Waals surface area contributed by atoms with Gasteiger partial charge in [0.2, 0.25) is 11.8 Å². The first kappa shape index (κ1) is 35.1. The van der Waals surface area contributed by atoms with E-state index < -0.39 is 35.3 Å². The number of ether oxygens (including phenoxy) is 6. The summed E-state index contributed by atoms with van der Waals surface area (Å²) in [6.45, 7) is 9.95. The third-order valence-electron chi connectivity index (χ3n) is 6.37. The number of nitrogens with zero attached hydrogens (tertiary/aromatic N) is 1. The summed E-state index contributed by atoms with van der Waals surface area (Å²) in [4.78, 5) is 61.8. The van der Waals surface area contributed by atoms with Crippen LogP contribution in [0.1, 0.15) is 60.7 Å². The summed E-state index contributed by atoms with van der Waals surface area (Å²) >= 11 is 0. The van der Waals surface area contributed by atoms with E-state index in [4.69, 9.17) is 28.4 Å². The van der Waals surface area contributed by atoms with E-state index in [1.165, 1.54) is 0 Å². The molecule has 1 aromatic carbocycles. The molecular weight excluding hydrogens is 578 g/mol. The smallest absolute Gasteiger partial charge is 0.308 e. The van der Waals surface area contributed by atoms with E-state index in [2.05, 4.69) is 10.6 Å².